The highest BCUT2D eigenvalue weighted by atomic mass is 16.5. The number of carbonyl (C=O) groups is 2. The molecule has 3 aromatic rings. The lowest BCUT2D eigenvalue weighted by Crippen LogP contribution is -2.41. The number of aromatic nitrogens is 3. The smallest absolute Gasteiger partial charge is 0.415 e. The summed E-state index contributed by atoms with van der Waals surface area (Å²) in [6, 6.07) is 7.73. The van der Waals surface area contributed by atoms with Gasteiger partial charge in [0.15, 0.2) is 0 Å². The zero-order valence-electron chi connectivity index (χ0n) is 18.0. The fourth-order valence-electron chi connectivity index (χ4n) is 3.16. The molecule has 0 spiro atoms. The van der Waals surface area contributed by atoms with Crippen LogP contribution in [0.4, 0.5) is 15.4 Å². The van der Waals surface area contributed by atoms with E-state index in [-0.39, 0.29) is 11.7 Å². The van der Waals surface area contributed by atoms with E-state index in [9.17, 15) is 14.7 Å². The van der Waals surface area contributed by atoms with Crippen molar-refractivity contribution in [2.75, 3.05) is 31.5 Å². The zero-order chi connectivity index (χ0) is 22.9. The summed E-state index contributed by atoms with van der Waals surface area (Å²) >= 11 is 0. The van der Waals surface area contributed by atoms with Crippen LogP contribution in [0.15, 0.2) is 42.9 Å². The molecule has 0 saturated heterocycles. The van der Waals surface area contributed by atoms with Gasteiger partial charge >= 0.3 is 12.1 Å². The van der Waals surface area contributed by atoms with Gasteiger partial charge < -0.3 is 14.7 Å². The zero-order valence-corrected chi connectivity index (χ0v) is 18.0. The number of hydrogen-bond donors (Lipinski definition) is 4. The summed E-state index contributed by atoms with van der Waals surface area (Å²) in [6.45, 7) is 7.86. The van der Waals surface area contributed by atoms with Crippen molar-refractivity contribution < 1.29 is 19.4 Å². The second-order valence-electron chi connectivity index (χ2n) is 6.92. The monoisotopic (exact) mass is 441 g/mol. The molecule has 11 heteroatoms. The molecule has 0 saturated carbocycles. The number of ether oxygens (including phenoxy) is 1. The standard InChI is InChI=1S/C21H27N7O4/c1-3-27(4-2)10-5-9-24-26-20(29)25-18-13-19(23-14-22-18)32-16-6-7-17-15(12-16)8-11-28(17)21(30)31/h6-8,11-14,24H,3-5,9-10H2,1-2H3,(H,30,31)(H2,22,23,25,26,29). The highest BCUT2D eigenvalue weighted by Gasteiger charge is 2.09. The molecule has 4 N–H and O–H groups in total. The fourth-order valence-corrected chi connectivity index (χ4v) is 3.16. The van der Waals surface area contributed by atoms with Crippen molar-refractivity contribution in [1.82, 2.24) is 30.3 Å². The van der Waals surface area contributed by atoms with Gasteiger partial charge in [0.2, 0.25) is 5.88 Å². The molecule has 0 aliphatic carbocycles. The second-order valence-corrected chi connectivity index (χ2v) is 6.92. The van der Waals surface area contributed by atoms with E-state index in [4.69, 9.17) is 4.74 Å². The number of anilines is 1. The number of carbonyl (C=O) groups excluding carboxylic acids is 1. The Kier molecular flexibility index (Phi) is 7.95. The minimum Gasteiger partial charge on any atom is -0.464 e. The Bertz CT molecular complexity index is 1070. The lowest BCUT2D eigenvalue weighted by molar-refractivity contribution is 0.197. The molecule has 170 valence electrons. The van der Waals surface area contributed by atoms with Gasteiger partial charge in [-0.05, 0) is 50.3 Å². The van der Waals surface area contributed by atoms with Crippen molar-refractivity contribution in [1.29, 1.82) is 0 Å². The van der Waals surface area contributed by atoms with Gasteiger partial charge in [0.1, 0.15) is 17.9 Å². The molecule has 1 aromatic carbocycles. The Labute approximate surface area is 185 Å². The van der Waals surface area contributed by atoms with Crippen LogP contribution in [0.2, 0.25) is 0 Å². The van der Waals surface area contributed by atoms with Crippen LogP contribution in [0.5, 0.6) is 11.6 Å². The maximum absolute atomic E-state index is 12.0. The molecule has 0 bridgehead atoms. The quantitative estimate of drug-likeness (QED) is 0.279. The molecule has 0 aliphatic heterocycles. The largest absolute Gasteiger partial charge is 0.464 e. The minimum absolute atomic E-state index is 0.236. The number of carboxylic acid groups (broad SMARTS) is 1. The van der Waals surface area contributed by atoms with Crippen LogP contribution >= 0.6 is 0 Å². The lowest BCUT2D eigenvalue weighted by atomic mass is 10.2. The molecular formula is C21H27N7O4. The lowest BCUT2D eigenvalue weighted by Gasteiger charge is -2.17. The van der Waals surface area contributed by atoms with Crippen LogP contribution in [0.25, 0.3) is 10.9 Å². The molecule has 0 fully saturated rings. The average Bonchev–Trinajstić information content (AvgIpc) is 3.20. The Hall–Kier alpha value is -3.70. The number of hydrogen-bond acceptors (Lipinski definition) is 7. The van der Waals surface area contributed by atoms with Crippen molar-refractivity contribution in [2.24, 2.45) is 0 Å². The van der Waals surface area contributed by atoms with E-state index in [2.05, 4.69) is 44.9 Å². The van der Waals surface area contributed by atoms with Crippen LogP contribution < -0.4 is 20.9 Å². The Morgan fingerprint density at radius 3 is 2.72 bits per heavy atom. The first kappa shape index (κ1) is 23.0. The first-order valence-corrected chi connectivity index (χ1v) is 10.4. The van der Waals surface area contributed by atoms with Gasteiger partial charge in [-0.3, -0.25) is 15.3 Å². The third-order valence-electron chi connectivity index (χ3n) is 4.85. The van der Waals surface area contributed by atoms with E-state index in [0.29, 0.717) is 23.2 Å². The predicted octanol–water partition coefficient (Wildman–Crippen LogP) is 3.11. The van der Waals surface area contributed by atoms with Gasteiger partial charge in [0, 0.05) is 24.2 Å². The van der Waals surface area contributed by atoms with E-state index >= 15 is 0 Å². The van der Waals surface area contributed by atoms with Gasteiger partial charge in [-0.25, -0.2) is 25.0 Å². The van der Waals surface area contributed by atoms with Crippen molar-refractivity contribution in [3.63, 3.8) is 0 Å². The van der Waals surface area contributed by atoms with E-state index in [1.165, 1.54) is 18.6 Å². The molecule has 32 heavy (non-hydrogen) atoms. The second kappa shape index (κ2) is 11.1. The number of nitrogens with one attached hydrogen (secondary N) is 3. The summed E-state index contributed by atoms with van der Waals surface area (Å²) in [6.07, 6.45) is 2.60. The molecule has 3 rings (SSSR count). The summed E-state index contributed by atoms with van der Waals surface area (Å²) < 4.78 is 6.86. The van der Waals surface area contributed by atoms with Gasteiger partial charge in [0.25, 0.3) is 0 Å². The summed E-state index contributed by atoms with van der Waals surface area (Å²) in [4.78, 5) is 33.6. The van der Waals surface area contributed by atoms with Crippen LogP contribution in [-0.2, 0) is 0 Å². The molecule has 2 amide bonds. The molecule has 2 aromatic heterocycles. The summed E-state index contributed by atoms with van der Waals surface area (Å²) in [7, 11) is 0. The van der Waals surface area contributed by atoms with Crippen molar-refractivity contribution in [2.45, 2.75) is 20.3 Å². The minimum atomic E-state index is -1.06. The fraction of sp³-hybridized carbons (Fsp3) is 0.333. The maximum atomic E-state index is 12.0. The highest BCUT2D eigenvalue weighted by Crippen LogP contribution is 2.26. The third-order valence-corrected chi connectivity index (χ3v) is 4.85. The molecule has 0 aliphatic rings. The summed E-state index contributed by atoms with van der Waals surface area (Å²) in [5.41, 5.74) is 6.01. The normalized spacial score (nSPS) is 11.0. The number of amides is 2. The summed E-state index contributed by atoms with van der Waals surface area (Å²) in [5.74, 6) is 0.986. The summed E-state index contributed by atoms with van der Waals surface area (Å²) in [5, 5.41) is 12.5. The van der Waals surface area contributed by atoms with Crippen LogP contribution in [0, 0.1) is 0 Å². The molecule has 2 heterocycles. The Balaban J connectivity index is 1.51. The van der Waals surface area contributed by atoms with E-state index in [0.717, 1.165) is 30.6 Å². The van der Waals surface area contributed by atoms with Crippen LogP contribution in [0.1, 0.15) is 20.3 Å². The topological polar surface area (TPSA) is 134 Å². The number of hydrazine groups is 1. The molecule has 0 radical (unpaired) electrons. The van der Waals surface area contributed by atoms with Gasteiger partial charge in [-0.1, -0.05) is 13.8 Å². The first-order valence-electron chi connectivity index (χ1n) is 10.4. The van der Waals surface area contributed by atoms with Crippen molar-refractivity contribution >= 4 is 28.8 Å². The third kappa shape index (κ3) is 6.15. The molecule has 0 unspecified atom stereocenters. The average molecular weight is 441 g/mol. The molecule has 11 nitrogen and oxygen atoms in total. The van der Waals surface area contributed by atoms with Gasteiger partial charge in [-0.15, -0.1) is 0 Å². The van der Waals surface area contributed by atoms with E-state index < -0.39 is 12.1 Å². The molecule has 0 atom stereocenters. The van der Waals surface area contributed by atoms with Gasteiger partial charge in [0.05, 0.1) is 5.52 Å². The maximum Gasteiger partial charge on any atom is 0.415 e. The number of fused-ring (bicyclic) bond motifs is 1. The number of rotatable bonds is 10. The predicted molar refractivity (Wildman–Crippen MR) is 120 cm³/mol. The first-order chi connectivity index (χ1) is 15.5. The Morgan fingerprint density at radius 2 is 1.97 bits per heavy atom. The van der Waals surface area contributed by atoms with Crippen LogP contribution in [-0.4, -0.2) is 62.8 Å². The molecular weight excluding hydrogens is 414 g/mol. The number of nitrogens with zero attached hydrogens (tertiary/aromatic N) is 4. The van der Waals surface area contributed by atoms with Crippen LogP contribution in [0.3, 0.4) is 0 Å². The Morgan fingerprint density at radius 1 is 1.16 bits per heavy atom. The SMILES string of the molecule is CCN(CC)CCCNNC(=O)Nc1cc(Oc2ccc3c(ccn3C(=O)O)c2)ncn1. The van der Waals surface area contributed by atoms with Crippen molar-refractivity contribution in [3.05, 3.63) is 42.9 Å². The van der Waals surface area contributed by atoms with Crippen molar-refractivity contribution in [3.8, 4) is 11.6 Å². The highest BCUT2D eigenvalue weighted by molar-refractivity contribution is 5.89. The number of urea groups is 1. The van der Waals surface area contributed by atoms with Gasteiger partial charge in [-0.2, -0.15) is 0 Å². The number of benzene rings is 1. The van der Waals surface area contributed by atoms with E-state index in [1.54, 1.807) is 24.3 Å². The van der Waals surface area contributed by atoms with E-state index in [1.807, 2.05) is 0 Å².